The number of anilines is 1. The van der Waals surface area contributed by atoms with Crippen LogP contribution in [0.25, 0.3) is 0 Å². The highest BCUT2D eigenvalue weighted by Crippen LogP contribution is 2.36. The molecule has 3 rings (SSSR count). The minimum absolute atomic E-state index is 0.0105. The molecule has 0 spiro atoms. The average Bonchev–Trinajstić information content (AvgIpc) is 3.10. The number of carbonyl (C=O) groups is 3. The maximum atomic E-state index is 12.5. The van der Waals surface area contributed by atoms with E-state index in [0.29, 0.717) is 29.8 Å². The van der Waals surface area contributed by atoms with Crippen LogP contribution in [0.3, 0.4) is 0 Å². The van der Waals surface area contributed by atoms with Crippen LogP contribution in [0.15, 0.2) is 24.3 Å². The number of rotatable bonds is 6. The minimum atomic E-state index is -0.508. The Labute approximate surface area is 171 Å². The number of hydrogen-bond acceptors (Lipinski definition) is 5. The predicted octanol–water partition coefficient (Wildman–Crippen LogP) is 2.85. The molecular weight excluding hydrogens is 372 g/mol. The van der Waals surface area contributed by atoms with E-state index in [0.717, 1.165) is 12.8 Å². The van der Waals surface area contributed by atoms with Gasteiger partial charge in [-0.15, -0.1) is 0 Å². The lowest BCUT2D eigenvalue weighted by Crippen LogP contribution is -2.45. The summed E-state index contributed by atoms with van der Waals surface area (Å²) >= 11 is 0. The standard InChI is InChI=1S/C22H30N2O5/c1-14-7-6-9-18(15(14)2)24-12-16(11-21(24)26)22(27)29-13-20(25)23-17-8-4-5-10-19(17)28-3/h4-5,8,10,14-16,18H,6-7,9,11-13H2,1-3H3,(H,23,25)/t14-,15-,16-,18-/m1/s1. The molecule has 7 heteroatoms. The molecule has 0 bridgehead atoms. The van der Waals surface area contributed by atoms with E-state index in [9.17, 15) is 14.4 Å². The molecule has 1 aromatic rings. The van der Waals surface area contributed by atoms with Crippen molar-refractivity contribution in [2.45, 2.75) is 45.6 Å². The van der Waals surface area contributed by atoms with Crippen molar-refractivity contribution in [3.8, 4) is 5.75 Å². The summed E-state index contributed by atoms with van der Waals surface area (Å²) in [6.07, 6.45) is 3.44. The summed E-state index contributed by atoms with van der Waals surface area (Å²) in [5, 5.41) is 2.67. The number of carbonyl (C=O) groups excluding carboxylic acids is 3. The summed E-state index contributed by atoms with van der Waals surface area (Å²) < 4.78 is 10.4. The van der Waals surface area contributed by atoms with Crippen molar-refractivity contribution in [1.29, 1.82) is 0 Å². The smallest absolute Gasteiger partial charge is 0.311 e. The van der Waals surface area contributed by atoms with Gasteiger partial charge < -0.3 is 19.7 Å². The number of benzene rings is 1. The number of hydrogen-bond donors (Lipinski definition) is 1. The molecule has 1 heterocycles. The van der Waals surface area contributed by atoms with Gasteiger partial charge in [0.2, 0.25) is 5.91 Å². The largest absolute Gasteiger partial charge is 0.495 e. The van der Waals surface area contributed by atoms with Gasteiger partial charge in [0, 0.05) is 19.0 Å². The van der Waals surface area contributed by atoms with Crippen molar-refractivity contribution in [2.24, 2.45) is 17.8 Å². The molecule has 0 unspecified atom stereocenters. The third kappa shape index (κ3) is 4.89. The number of nitrogens with zero attached hydrogens (tertiary/aromatic N) is 1. The molecule has 0 aromatic heterocycles. The van der Waals surface area contributed by atoms with Crippen LogP contribution in [-0.4, -0.2) is 49.0 Å². The van der Waals surface area contributed by atoms with Crippen molar-refractivity contribution in [2.75, 3.05) is 25.6 Å². The zero-order chi connectivity index (χ0) is 21.0. The summed E-state index contributed by atoms with van der Waals surface area (Å²) in [5.74, 6) is 0.0917. The van der Waals surface area contributed by atoms with E-state index < -0.39 is 24.4 Å². The van der Waals surface area contributed by atoms with E-state index in [-0.39, 0.29) is 18.4 Å². The average molecular weight is 402 g/mol. The van der Waals surface area contributed by atoms with Gasteiger partial charge in [0.25, 0.3) is 5.91 Å². The Morgan fingerprint density at radius 3 is 2.72 bits per heavy atom. The summed E-state index contributed by atoms with van der Waals surface area (Å²) in [4.78, 5) is 39.0. The van der Waals surface area contributed by atoms with E-state index >= 15 is 0 Å². The Hall–Kier alpha value is -2.57. The SMILES string of the molecule is COc1ccccc1NC(=O)COC(=O)[C@@H]1CC(=O)N([C@@H]2CCC[C@@H](C)[C@H]2C)C1. The molecule has 158 valence electrons. The van der Waals surface area contributed by atoms with Gasteiger partial charge in [-0.25, -0.2) is 0 Å². The van der Waals surface area contributed by atoms with Gasteiger partial charge in [-0.3, -0.25) is 14.4 Å². The molecule has 2 aliphatic rings. The van der Waals surface area contributed by atoms with E-state index in [4.69, 9.17) is 9.47 Å². The molecule has 2 fully saturated rings. The van der Waals surface area contributed by atoms with Crippen LogP contribution >= 0.6 is 0 Å². The maximum Gasteiger partial charge on any atom is 0.311 e. The minimum Gasteiger partial charge on any atom is -0.495 e. The first-order valence-electron chi connectivity index (χ1n) is 10.3. The molecule has 7 nitrogen and oxygen atoms in total. The molecule has 1 aliphatic carbocycles. The van der Waals surface area contributed by atoms with Crippen LogP contribution < -0.4 is 10.1 Å². The topological polar surface area (TPSA) is 84.9 Å². The lowest BCUT2D eigenvalue weighted by molar-refractivity contribution is -0.151. The predicted molar refractivity (Wildman–Crippen MR) is 108 cm³/mol. The Morgan fingerprint density at radius 2 is 1.97 bits per heavy atom. The number of ether oxygens (including phenoxy) is 2. The Morgan fingerprint density at radius 1 is 1.21 bits per heavy atom. The third-order valence-electron chi connectivity index (χ3n) is 6.28. The van der Waals surface area contributed by atoms with E-state index in [1.54, 1.807) is 24.3 Å². The zero-order valence-corrected chi connectivity index (χ0v) is 17.3. The lowest BCUT2D eigenvalue weighted by atomic mass is 9.77. The molecule has 0 radical (unpaired) electrons. The van der Waals surface area contributed by atoms with Crippen molar-refractivity contribution >= 4 is 23.5 Å². The van der Waals surface area contributed by atoms with Crippen LogP contribution in [0.5, 0.6) is 5.75 Å². The maximum absolute atomic E-state index is 12.5. The fourth-order valence-electron chi connectivity index (χ4n) is 4.39. The number of likely N-dealkylation sites (tertiary alicyclic amines) is 1. The molecular formula is C22H30N2O5. The lowest BCUT2D eigenvalue weighted by Gasteiger charge is -2.39. The van der Waals surface area contributed by atoms with Gasteiger partial charge in [0.1, 0.15) is 5.75 Å². The van der Waals surface area contributed by atoms with Crippen molar-refractivity contribution in [3.05, 3.63) is 24.3 Å². The second-order valence-corrected chi connectivity index (χ2v) is 8.14. The van der Waals surface area contributed by atoms with Crippen molar-refractivity contribution in [1.82, 2.24) is 4.90 Å². The van der Waals surface area contributed by atoms with Crippen LogP contribution in [0.4, 0.5) is 5.69 Å². The van der Waals surface area contributed by atoms with Gasteiger partial charge in [0.05, 0.1) is 18.7 Å². The summed E-state index contributed by atoms with van der Waals surface area (Å²) in [6.45, 7) is 4.41. The van der Waals surface area contributed by atoms with Gasteiger partial charge in [-0.2, -0.15) is 0 Å². The van der Waals surface area contributed by atoms with Crippen LogP contribution in [0.2, 0.25) is 0 Å². The normalized spacial score (nSPS) is 26.9. The van der Waals surface area contributed by atoms with Crippen molar-refractivity contribution < 1.29 is 23.9 Å². The highest BCUT2D eigenvalue weighted by Gasteiger charge is 2.42. The second-order valence-electron chi connectivity index (χ2n) is 8.14. The highest BCUT2D eigenvalue weighted by atomic mass is 16.5. The first-order chi connectivity index (χ1) is 13.9. The molecule has 1 aliphatic heterocycles. The quantitative estimate of drug-likeness (QED) is 0.740. The fourth-order valence-corrected chi connectivity index (χ4v) is 4.39. The first-order valence-corrected chi connectivity index (χ1v) is 10.3. The second kappa shape index (κ2) is 9.29. The fraction of sp³-hybridized carbons (Fsp3) is 0.591. The Balaban J connectivity index is 1.51. The monoisotopic (exact) mass is 402 g/mol. The van der Waals surface area contributed by atoms with Gasteiger partial charge in [-0.05, 0) is 30.4 Å². The molecule has 29 heavy (non-hydrogen) atoms. The number of nitrogens with one attached hydrogen (secondary N) is 1. The molecule has 1 N–H and O–H groups in total. The number of para-hydroxylation sites is 2. The van der Waals surface area contributed by atoms with Crippen LogP contribution in [0.1, 0.15) is 39.5 Å². The Kier molecular flexibility index (Phi) is 6.77. The molecule has 1 aromatic carbocycles. The van der Waals surface area contributed by atoms with Gasteiger partial charge in [-0.1, -0.05) is 38.8 Å². The molecule has 2 amide bonds. The zero-order valence-electron chi connectivity index (χ0n) is 17.3. The van der Waals surface area contributed by atoms with Crippen LogP contribution in [-0.2, 0) is 19.1 Å². The van der Waals surface area contributed by atoms with E-state index in [1.165, 1.54) is 13.5 Å². The molecule has 1 saturated heterocycles. The van der Waals surface area contributed by atoms with Crippen LogP contribution in [0, 0.1) is 17.8 Å². The van der Waals surface area contributed by atoms with Crippen molar-refractivity contribution in [3.63, 3.8) is 0 Å². The highest BCUT2D eigenvalue weighted by molar-refractivity contribution is 5.94. The molecule has 1 saturated carbocycles. The first kappa shape index (κ1) is 21.1. The summed E-state index contributed by atoms with van der Waals surface area (Å²) in [5.41, 5.74) is 0.513. The Bertz CT molecular complexity index is 765. The summed E-state index contributed by atoms with van der Waals surface area (Å²) in [7, 11) is 1.52. The van der Waals surface area contributed by atoms with Gasteiger partial charge >= 0.3 is 5.97 Å². The molecule has 4 atom stereocenters. The number of esters is 1. The van der Waals surface area contributed by atoms with E-state index in [2.05, 4.69) is 19.2 Å². The number of amides is 2. The van der Waals surface area contributed by atoms with Gasteiger partial charge in [0.15, 0.2) is 6.61 Å². The third-order valence-corrected chi connectivity index (χ3v) is 6.28. The van der Waals surface area contributed by atoms with E-state index in [1.807, 2.05) is 4.90 Å². The summed E-state index contributed by atoms with van der Waals surface area (Å²) in [6, 6.07) is 7.20. The number of methoxy groups -OCH3 is 1.